The van der Waals surface area contributed by atoms with Crippen LogP contribution in [0.3, 0.4) is 0 Å². The molecule has 1 aromatic rings. The van der Waals surface area contributed by atoms with Crippen LogP contribution in [0.15, 0.2) is 6.20 Å². The molecule has 0 aliphatic heterocycles. The second-order valence-electron chi connectivity index (χ2n) is 1.87. The highest BCUT2D eigenvalue weighted by Crippen LogP contribution is 1.94. The fourth-order valence-corrected chi connectivity index (χ4v) is 0.624. The van der Waals surface area contributed by atoms with Gasteiger partial charge in [0.05, 0.1) is 13.3 Å². The zero-order valence-corrected chi connectivity index (χ0v) is 6.22. The molecule has 0 bridgehead atoms. The van der Waals surface area contributed by atoms with Crippen molar-refractivity contribution in [1.82, 2.24) is 15.0 Å². The van der Waals surface area contributed by atoms with Crippen LogP contribution >= 0.6 is 0 Å². The summed E-state index contributed by atoms with van der Waals surface area (Å²) in [5, 5.41) is 6.62. The summed E-state index contributed by atoms with van der Waals surface area (Å²) in [7, 11) is 1.16. The summed E-state index contributed by atoms with van der Waals surface area (Å²) >= 11 is 0. The molecule has 1 rings (SSSR count). The van der Waals surface area contributed by atoms with Crippen LogP contribution in [0.25, 0.3) is 0 Å². The number of aromatic nitrogens is 3. The highest BCUT2D eigenvalue weighted by Gasteiger charge is 2.15. The van der Waals surface area contributed by atoms with Crippen LogP contribution in [0.4, 0.5) is 4.79 Å². The highest BCUT2D eigenvalue weighted by atomic mass is 16.5. The first-order chi connectivity index (χ1) is 5.66. The van der Waals surface area contributed by atoms with Crippen molar-refractivity contribution in [3.63, 3.8) is 0 Å². The number of ether oxygens (including phenoxy) is 1. The van der Waals surface area contributed by atoms with Gasteiger partial charge >= 0.3 is 6.09 Å². The molecular weight excluding hydrogens is 164 g/mol. The first-order valence-corrected chi connectivity index (χ1v) is 2.95. The third-order valence-electron chi connectivity index (χ3n) is 1.15. The standard InChI is InChI=1S/C5H6N4O3/c1-12-5(11)9-3(4(6)10)2-7-8-9/h2H,1H3,(H2,6,10). The van der Waals surface area contributed by atoms with Crippen molar-refractivity contribution in [3.8, 4) is 0 Å². The van der Waals surface area contributed by atoms with Gasteiger partial charge in [0.1, 0.15) is 0 Å². The summed E-state index contributed by atoms with van der Waals surface area (Å²) in [6.07, 6.45) is 0.278. The van der Waals surface area contributed by atoms with Gasteiger partial charge < -0.3 is 10.5 Å². The van der Waals surface area contributed by atoms with Gasteiger partial charge in [0.15, 0.2) is 5.69 Å². The quantitative estimate of drug-likeness (QED) is 0.582. The molecule has 0 aliphatic carbocycles. The van der Waals surface area contributed by atoms with E-state index in [1.165, 1.54) is 0 Å². The molecule has 7 nitrogen and oxygen atoms in total. The minimum absolute atomic E-state index is 0.109. The molecule has 0 atom stereocenters. The molecule has 64 valence electrons. The monoisotopic (exact) mass is 170 g/mol. The molecule has 0 aliphatic rings. The Morgan fingerprint density at radius 3 is 2.83 bits per heavy atom. The fourth-order valence-electron chi connectivity index (χ4n) is 0.624. The highest BCUT2D eigenvalue weighted by molar-refractivity contribution is 5.93. The summed E-state index contributed by atoms with van der Waals surface area (Å²) in [5.41, 5.74) is 4.79. The minimum Gasteiger partial charge on any atom is -0.451 e. The van der Waals surface area contributed by atoms with Crippen LogP contribution in [0.5, 0.6) is 0 Å². The predicted molar refractivity (Wildman–Crippen MR) is 36.3 cm³/mol. The summed E-state index contributed by atoms with van der Waals surface area (Å²) < 4.78 is 4.98. The average Bonchev–Trinajstić information content (AvgIpc) is 2.50. The number of nitrogens with zero attached hydrogens (tertiary/aromatic N) is 3. The number of rotatable bonds is 1. The Hall–Kier alpha value is -1.92. The van der Waals surface area contributed by atoms with Crippen LogP contribution in [0.1, 0.15) is 10.5 Å². The van der Waals surface area contributed by atoms with Crippen LogP contribution in [0, 0.1) is 0 Å². The molecule has 12 heavy (non-hydrogen) atoms. The lowest BCUT2D eigenvalue weighted by Gasteiger charge is -1.98. The lowest BCUT2D eigenvalue weighted by Crippen LogP contribution is -2.23. The number of amides is 1. The maximum atomic E-state index is 10.8. The zero-order valence-electron chi connectivity index (χ0n) is 6.22. The van der Waals surface area contributed by atoms with E-state index in [1.807, 2.05) is 0 Å². The number of carbonyl (C=O) groups excluding carboxylic acids is 2. The summed E-state index contributed by atoms with van der Waals surface area (Å²) in [5.74, 6) is -0.787. The van der Waals surface area contributed by atoms with Gasteiger partial charge in [-0.3, -0.25) is 4.79 Å². The molecule has 1 amide bonds. The normalized spacial score (nSPS) is 9.42. The summed E-state index contributed by atoms with van der Waals surface area (Å²) in [4.78, 5) is 21.4. The van der Waals surface area contributed by atoms with Crippen molar-refractivity contribution < 1.29 is 14.3 Å². The number of nitrogens with two attached hydrogens (primary N) is 1. The Bertz CT molecular complexity index is 318. The van der Waals surface area contributed by atoms with Crippen molar-refractivity contribution in [2.75, 3.05) is 7.11 Å². The molecular formula is C5H6N4O3. The largest absolute Gasteiger partial charge is 0.451 e. The lowest BCUT2D eigenvalue weighted by atomic mass is 10.4. The second kappa shape index (κ2) is 2.99. The van der Waals surface area contributed by atoms with Gasteiger partial charge in [-0.05, 0) is 0 Å². The molecule has 0 spiro atoms. The Kier molecular flexibility index (Phi) is 2.04. The molecule has 7 heteroatoms. The number of carbonyl (C=O) groups is 2. The van der Waals surface area contributed by atoms with Crippen LogP contribution < -0.4 is 5.73 Å². The molecule has 0 radical (unpaired) electrons. The number of hydrogen-bond acceptors (Lipinski definition) is 5. The molecule has 2 N–H and O–H groups in total. The number of primary amides is 1. The molecule has 1 heterocycles. The van der Waals surface area contributed by atoms with E-state index in [0.717, 1.165) is 13.3 Å². The Labute approximate surface area is 67.1 Å². The lowest BCUT2D eigenvalue weighted by molar-refractivity contribution is 0.0986. The van der Waals surface area contributed by atoms with Crippen molar-refractivity contribution in [2.45, 2.75) is 0 Å². The minimum atomic E-state index is -0.804. The average molecular weight is 170 g/mol. The van der Waals surface area contributed by atoms with E-state index in [-0.39, 0.29) is 5.69 Å². The van der Waals surface area contributed by atoms with E-state index in [9.17, 15) is 9.59 Å². The van der Waals surface area contributed by atoms with Gasteiger partial charge in [0.2, 0.25) is 0 Å². The van der Waals surface area contributed by atoms with E-state index < -0.39 is 12.0 Å². The van der Waals surface area contributed by atoms with Gasteiger partial charge in [-0.1, -0.05) is 5.21 Å². The van der Waals surface area contributed by atoms with Crippen LogP contribution in [-0.4, -0.2) is 34.1 Å². The fraction of sp³-hybridized carbons (Fsp3) is 0.200. The molecule has 0 saturated heterocycles. The maximum Gasteiger partial charge on any atom is 0.436 e. The van der Waals surface area contributed by atoms with Crippen molar-refractivity contribution in [2.24, 2.45) is 5.73 Å². The Morgan fingerprint density at radius 2 is 2.33 bits per heavy atom. The Morgan fingerprint density at radius 1 is 1.67 bits per heavy atom. The maximum absolute atomic E-state index is 10.8. The summed E-state index contributed by atoms with van der Waals surface area (Å²) in [6.45, 7) is 0. The molecule has 0 aromatic carbocycles. The van der Waals surface area contributed by atoms with Crippen molar-refractivity contribution in [1.29, 1.82) is 0 Å². The van der Waals surface area contributed by atoms with Crippen molar-refractivity contribution in [3.05, 3.63) is 11.9 Å². The van der Waals surface area contributed by atoms with E-state index >= 15 is 0 Å². The molecule has 0 unspecified atom stereocenters. The third-order valence-corrected chi connectivity index (χ3v) is 1.15. The van der Waals surface area contributed by atoms with Gasteiger partial charge in [-0.2, -0.15) is 0 Å². The number of hydrogen-bond donors (Lipinski definition) is 1. The van der Waals surface area contributed by atoms with Gasteiger partial charge in [-0.15, -0.1) is 9.78 Å². The SMILES string of the molecule is COC(=O)n1nncc1C(N)=O. The van der Waals surface area contributed by atoms with E-state index in [2.05, 4.69) is 15.0 Å². The Balaban J connectivity index is 3.07. The van der Waals surface area contributed by atoms with E-state index in [1.54, 1.807) is 0 Å². The van der Waals surface area contributed by atoms with E-state index in [0.29, 0.717) is 4.68 Å². The van der Waals surface area contributed by atoms with Gasteiger partial charge in [0, 0.05) is 0 Å². The molecule has 1 aromatic heterocycles. The second-order valence-corrected chi connectivity index (χ2v) is 1.87. The van der Waals surface area contributed by atoms with Gasteiger partial charge in [-0.25, -0.2) is 4.79 Å². The molecule has 0 saturated carbocycles. The third kappa shape index (κ3) is 1.24. The van der Waals surface area contributed by atoms with Gasteiger partial charge in [0.25, 0.3) is 5.91 Å². The molecule has 0 fully saturated rings. The predicted octanol–water partition coefficient (Wildman–Crippen LogP) is -1.01. The first-order valence-electron chi connectivity index (χ1n) is 2.95. The first kappa shape index (κ1) is 8.18. The summed E-state index contributed by atoms with van der Waals surface area (Å²) in [6, 6.07) is 0. The zero-order chi connectivity index (χ0) is 9.14. The topological polar surface area (TPSA) is 100 Å². The van der Waals surface area contributed by atoms with Crippen LogP contribution in [-0.2, 0) is 4.74 Å². The smallest absolute Gasteiger partial charge is 0.436 e. The number of methoxy groups -OCH3 is 1. The van der Waals surface area contributed by atoms with Crippen LogP contribution in [0.2, 0.25) is 0 Å². The van der Waals surface area contributed by atoms with Crippen molar-refractivity contribution >= 4 is 12.0 Å². The van der Waals surface area contributed by atoms with E-state index in [4.69, 9.17) is 5.73 Å².